The Hall–Kier alpha value is -2.61. The van der Waals surface area contributed by atoms with Gasteiger partial charge in [-0.05, 0) is 31.3 Å². The molecule has 1 aliphatic heterocycles. The van der Waals surface area contributed by atoms with Crippen molar-refractivity contribution in [2.24, 2.45) is 5.92 Å². The zero-order chi connectivity index (χ0) is 24.8. The number of aromatic nitrogens is 1. The Morgan fingerprint density at radius 2 is 1.82 bits per heavy atom. The maximum atomic E-state index is 12.9. The summed E-state index contributed by atoms with van der Waals surface area (Å²) in [7, 11) is 0. The lowest BCUT2D eigenvalue weighted by atomic mass is 10.0. The van der Waals surface area contributed by atoms with Crippen molar-refractivity contribution in [3.8, 4) is 11.6 Å². The number of ether oxygens (including phenoxy) is 2. The number of hydrogen-bond donors (Lipinski definition) is 2. The molecular weight excluding hydrogens is 426 g/mol. The first-order valence-electron chi connectivity index (χ1n) is 11.8. The van der Waals surface area contributed by atoms with Crippen LogP contribution in [0.3, 0.4) is 0 Å². The van der Waals surface area contributed by atoms with E-state index in [0.717, 1.165) is 36.7 Å². The van der Waals surface area contributed by atoms with Gasteiger partial charge in [-0.25, -0.2) is 9.36 Å². The zero-order valence-electron chi connectivity index (χ0n) is 20.3. The van der Waals surface area contributed by atoms with E-state index in [-0.39, 0.29) is 23.6 Å². The fourth-order valence-electron chi connectivity index (χ4n) is 3.91. The molecule has 1 fully saturated rings. The van der Waals surface area contributed by atoms with Gasteiger partial charge in [0, 0.05) is 20.3 Å². The van der Waals surface area contributed by atoms with Gasteiger partial charge < -0.3 is 19.7 Å². The second-order valence-corrected chi connectivity index (χ2v) is 9.43. The van der Waals surface area contributed by atoms with Gasteiger partial charge in [0.1, 0.15) is 5.56 Å². The van der Waals surface area contributed by atoms with E-state index in [1.54, 1.807) is 19.9 Å². The summed E-state index contributed by atoms with van der Waals surface area (Å²) in [5, 5.41) is 21.5. The summed E-state index contributed by atoms with van der Waals surface area (Å²) >= 11 is 0. The Bertz CT molecular complexity index is 895. The maximum absolute atomic E-state index is 12.9. The molecule has 0 aliphatic carbocycles. The highest BCUT2D eigenvalue weighted by molar-refractivity contribution is 6.05. The Morgan fingerprint density at radius 1 is 1.15 bits per heavy atom. The van der Waals surface area contributed by atoms with Gasteiger partial charge in [-0.1, -0.05) is 52.5 Å². The third-order valence-electron chi connectivity index (χ3n) is 5.46. The topological polar surface area (TPSA) is 115 Å². The van der Waals surface area contributed by atoms with E-state index in [9.17, 15) is 24.6 Å². The van der Waals surface area contributed by atoms with Crippen molar-refractivity contribution in [3.05, 3.63) is 23.4 Å². The van der Waals surface area contributed by atoms with E-state index in [1.165, 1.54) is 12.5 Å². The molecule has 1 aliphatic rings. The standard InChI is InChI=1S/C25H37NO7/c1-6-7-8-9-10-11-12-13-20(28)26-17(14-16(2)3)22(29)21(23(26)30)18(27)15-19-24(31)33-25(4,5)32-19/h12-13,16,19,29-30H,6-11,14-15H2,1-5H3/t19-/m0/s1. The van der Waals surface area contributed by atoms with Crippen LogP contribution in [0.4, 0.5) is 0 Å². The molecule has 1 aromatic heterocycles. The van der Waals surface area contributed by atoms with Crippen molar-refractivity contribution in [3.63, 3.8) is 0 Å². The number of esters is 1. The summed E-state index contributed by atoms with van der Waals surface area (Å²) in [6.45, 7) is 9.05. The predicted octanol–water partition coefficient (Wildman–Crippen LogP) is 4.91. The highest BCUT2D eigenvalue weighted by Crippen LogP contribution is 2.38. The summed E-state index contributed by atoms with van der Waals surface area (Å²) in [6.07, 6.45) is 8.10. The quantitative estimate of drug-likeness (QED) is 0.196. The fourth-order valence-corrected chi connectivity index (χ4v) is 3.91. The number of hydrogen-bond acceptors (Lipinski definition) is 7. The molecule has 0 unspecified atom stereocenters. The van der Waals surface area contributed by atoms with Crippen molar-refractivity contribution in [1.82, 2.24) is 4.57 Å². The molecule has 2 N–H and O–H groups in total. The molecule has 0 bridgehead atoms. The molecule has 2 rings (SSSR count). The van der Waals surface area contributed by atoms with Crippen LogP contribution >= 0.6 is 0 Å². The molecular formula is C25H37NO7. The average Bonchev–Trinajstić information content (AvgIpc) is 3.10. The highest BCUT2D eigenvalue weighted by Gasteiger charge is 2.43. The minimum atomic E-state index is -1.15. The Kier molecular flexibility index (Phi) is 9.28. The number of ketones is 1. The van der Waals surface area contributed by atoms with Crippen molar-refractivity contribution < 1.29 is 34.1 Å². The van der Waals surface area contributed by atoms with Crippen LogP contribution in [0.1, 0.15) is 100 Å². The van der Waals surface area contributed by atoms with Gasteiger partial charge in [0.2, 0.25) is 11.7 Å². The second-order valence-electron chi connectivity index (χ2n) is 9.43. The Balaban J connectivity index is 2.23. The Labute approximate surface area is 195 Å². The largest absolute Gasteiger partial charge is 0.505 e. The summed E-state index contributed by atoms with van der Waals surface area (Å²) in [4.78, 5) is 37.8. The zero-order valence-corrected chi connectivity index (χ0v) is 20.3. The number of allylic oxidation sites excluding steroid dienone is 2. The molecule has 2 heterocycles. The van der Waals surface area contributed by atoms with Crippen molar-refractivity contribution in [1.29, 1.82) is 0 Å². The molecule has 1 atom stereocenters. The summed E-state index contributed by atoms with van der Waals surface area (Å²) in [5.41, 5.74) is -0.216. The average molecular weight is 464 g/mol. The number of Topliss-reactive ketones (excluding diaryl/α,β-unsaturated/α-hetero) is 1. The van der Waals surface area contributed by atoms with Gasteiger partial charge in [-0.2, -0.15) is 0 Å². The van der Waals surface area contributed by atoms with Crippen LogP contribution in [0.25, 0.3) is 0 Å². The predicted molar refractivity (Wildman–Crippen MR) is 123 cm³/mol. The van der Waals surface area contributed by atoms with Gasteiger partial charge >= 0.3 is 5.97 Å². The lowest BCUT2D eigenvalue weighted by Gasteiger charge is -2.14. The minimum absolute atomic E-state index is 0.0520. The van der Waals surface area contributed by atoms with Gasteiger partial charge in [0.25, 0.3) is 5.91 Å². The molecule has 8 heteroatoms. The van der Waals surface area contributed by atoms with Crippen molar-refractivity contribution in [2.45, 2.75) is 97.9 Å². The number of aromatic hydroxyl groups is 2. The highest BCUT2D eigenvalue weighted by atomic mass is 16.8. The van der Waals surface area contributed by atoms with E-state index >= 15 is 0 Å². The molecule has 0 saturated carbocycles. The van der Waals surface area contributed by atoms with Crippen molar-refractivity contribution >= 4 is 17.7 Å². The summed E-state index contributed by atoms with van der Waals surface area (Å²) in [6, 6.07) is 0. The first-order chi connectivity index (χ1) is 15.5. The van der Waals surface area contributed by atoms with Crippen LogP contribution in [0.15, 0.2) is 12.2 Å². The number of carbonyl (C=O) groups excluding carboxylic acids is 3. The smallest absolute Gasteiger partial charge is 0.338 e. The number of cyclic esters (lactones) is 1. The van der Waals surface area contributed by atoms with Gasteiger partial charge in [-0.3, -0.25) is 9.59 Å². The van der Waals surface area contributed by atoms with Crippen LogP contribution in [-0.2, 0) is 20.7 Å². The third-order valence-corrected chi connectivity index (χ3v) is 5.46. The number of unbranched alkanes of at least 4 members (excludes halogenated alkanes) is 5. The first kappa shape index (κ1) is 26.6. The van der Waals surface area contributed by atoms with Crippen LogP contribution in [0.5, 0.6) is 11.6 Å². The third kappa shape index (κ3) is 6.93. The van der Waals surface area contributed by atoms with Crippen LogP contribution in [0.2, 0.25) is 0 Å². The maximum Gasteiger partial charge on any atom is 0.338 e. The molecule has 0 aromatic carbocycles. The van der Waals surface area contributed by atoms with E-state index < -0.39 is 47.6 Å². The summed E-state index contributed by atoms with van der Waals surface area (Å²) < 4.78 is 11.5. The van der Waals surface area contributed by atoms with Crippen LogP contribution < -0.4 is 0 Å². The molecule has 8 nitrogen and oxygen atoms in total. The molecule has 184 valence electrons. The molecule has 0 amide bonds. The lowest BCUT2D eigenvalue weighted by Crippen LogP contribution is -2.23. The van der Waals surface area contributed by atoms with Crippen LogP contribution in [0, 0.1) is 5.92 Å². The first-order valence-corrected chi connectivity index (χ1v) is 11.8. The molecule has 33 heavy (non-hydrogen) atoms. The minimum Gasteiger partial charge on any atom is -0.505 e. The van der Waals surface area contributed by atoms with Gasteiger partial charge in [-0.15, -0.1) is 0 Å². The van der Waals surface area contributed by atoms with Gasteiger partial charge in [0.15, 0.2) is 17.6 Å². The summed E-state index contributed by atoms with van der Waals surface area (Å²) in [5.74, 6) is -4.11. The number of carbonyl (C=O) groups is 3. The molecule has 0 radical (unpaired) electrons. The number of rotatable bonds is 12. The van der Waals surface area contributed by atoms with E-state index in [1.807, 2.05) is 13.8 Å². The normalized spacial score (nSPS) is 17.8. The molecule has 0 spiro atoms. The Morgan fingerprint density at radius 3 is 2.39 bits per heavy atom. The fraction of sp³-hybridized carbons (Fsp3) is 0.640. The van der Waals surface area contributed by atoms with E-state index in [0.29, 0.717) is 0 Å². The van der Waals surface area contributed by atoms with Crippen molar-refractivity contribution in [2.75, 3.05) is 0 Å². The van der Waals surface area contributed by atoms with Crippen LogP contribution in [-0.4, -0.2) is 44.3 Å². The molecule has 1 saturated heterocycles. The van der Waals surface area contributed by atoms with Gasteiger partial charge in [0.05, 0.1) is 5.69 Å². The van der Waals surface area contributed by atoms with E-state index in [2.05, 4.69) is 6.92 Å². The molecule has 1 aromatic rings. The lowest BCUT2D eigenvalue weighted by molar-refractivity contribution is -0.160. The SMILES string of the molecule is CCCCCCCC=CC(=O)n1c(O)c(C(=O)C[C@@H]2OC(C)(C)OC2=O)c(O)c1CC(C)C. The second kappa shape index (κ2) is 11.5. The number of nitrogens with zero attached hydrogens (tertiary/aromatic N) is 1. The van der Waals surface area contributed by atoms with E-state index in [4.69, 9.17) is 9.47 Å². The monoisotopic (exact) mass is 463 g/mol.